The second-order valence-electron chi connectivity index (χ2n) is 4.96. The van der Waals surface area contributed by atoms with E-state index in [1.165, 1.54) is 11.1 Å². The third-order valence-electron chi connectivity index (χ3n) is 3.39. The molecule has 2 heteroatoms. The summed E-state index contributed by atoms with van der Waals surface area (Å²) in [5.41, 5.74) is 16.4. The number of hydrogen-bond donors (Lipinski definition) is 2. The molecule has 0 fully saturated rings. The first kappa shape index (κ1) is 12.8. The standard InChI is InChI=1S/C16H20N2/c1-12-7-3-5-9-14(12)11-16(17,18)15-10-6-4-8-13(15)2/h3-10H,11,17-18H2,1-2H3. The molecule has 94 valence electrons. The first-order chi connectivity index (χ1) is 8.50. The van der Waals surface area contributed by atoms with E-state index >= 15 is 0 Å². The van der Waals surface area contributed by atoms with Crippen molar-refractivity contribution in [2.75, 3.05) is 0 Å². The van der Waals surface area contributed by atoms with E-state index in [1.54, 1.807) is 0 Å². The minimum atomic E-state index is -0.822. The highest BCUT2D eigenvalue weighted by molar-refractivity contribution is 5.35. The Morgan fingerprint density at radius 3 is 2.00 bits per heavy atom. The normalized spacial score (nSPS) is 11.6. The maximum atomic E-state index is 6.32. The predicted molar refractivity (Wildman–Crippen MR) is 76.1 cm³/mol. The summed E-state index contributed by atoms with van der Waals surface area (Å²) in [6.07, 6.45) is 0.643. The Labute approximate surface area is 109 Å². The maximum absolute atomic E-state index is 6.32. The zero-order valence-electron chi connectivity index (χ0n) is 11.0. The molecule has 0 aliphatic rings. The lowest BCUT2D eigenvalue weighted by atomic mass is 9.89. The van der Waals surface area contributed by atoms with Crippen molar-refractivity contribution in [1.82, 2.24) is 0 Å². The molecule has 0 saturated heterocycles. The van der Waals surface area contributed by atoms with Gasteiger partial charge in [-0.05, 0) is 36.1 Å². The zero-order chi connectivity index (χ0) is 13.2. The van der Waals surface area contributed by atoms with Gasteiger partial charge in [0.15, 0.2) is 0 Å². The summed E-state index contributed by atoms with van der Waals surface area (Å²) in [5.74, 6) is 0. The van der Waals surface area contributed by atoms with E-state index < -0.39 is 5.66 Å². The third-order valence-corrected chi connectivity index (χ3v) is 3.39. The minimum Gasteiger partial charge on any atom is -0.309 e. The molecule has 0 atom stereocenters. The molecule has 0 aromatic heterocycles. The van der Waals surface area contributed by atoms with Gasteiger partial charge in [0.1, 0.15) is 0 Å². The highest BCUT2D eigenvalue weighted by Crippen LogP contribution is 2.22. The monoisotopic (exact) mass is 240 g/mol. The van der Waals surface area contributed by atoms with Gasteiger partial charge in [-0.15, -0.1) is 0 Å². The van der Waals surface area contributed by atoms with Gasteiger partial charge in [-0.25, -0.2) is 0 Å². The van der Waals surface area contributed by atoms with Crippen molar-refractivity contribution in [3.63, 3.8) is 0 Å². The molecule has 0 aliphatic heterocycles. The van der Waals surface area contributed by atoms with Gasteiger partial charge in [-0.3, -0.25) is 0 Å². The molecule has 0 aliphatic carbocycles. The molecule has 0 heterocycles. The number of aryl methyl sites for hydroxylation is 2. The molecule has 2 aromatic rings. The minimum absolute atomic E-state index is 0.643. The van der Waals surface area contributed by atoms with Crippen molar-refractivity contribution in [2.45, 2.75) is 25.9 Å². The fourth-order valence-electron chi connectivity index (χ4n) is 2.31. The van der Waals surface area contributed by atoms with Gasteiger partial charge in [0.05, 0.1) is 5.66 Å². The van der Waals surface area contributed by atoms with E-state index in [2.05, 4.69) is 19.1 Å². The fourth-order valence-corrected chi connectivity index (χ4v) is 2.31. The second kappa shape index (κ2) is 4.92. The molecule has 0 radical (unpaired) electrons. The van der Waals surface area contributed by atoms with Crippen LogP contribution in [0.15, 0.2) is 48.5 Å². The Morgan fingerprint density at radius 2 is 1.39 bits per heavy atom. The molecule has 4 N–H and O–H groups in total. The van der Waals surface area contributed by atoms with E-state index in [9.17, 15) is 0 Å². The van der Waals surface area contributed by atoms with Crippen LogP contribution in [0.2, 0.25) is 0 Å². The Hall–Kier alpha value is -1.64. The van der Waals surface area contributed by atoms with Crippen molar-refractivity contribution in [1.29, 1.82) is 0 Å². The molecule has 0 spiro atoms. The smallest absolute Gasteiger partial charge is 0.0943 e. The highest BCUT2D eigenvalue weighted by Gasteiger charge is 2.24. The molecule has 18 heavy (non-hydrogen) atoms. The second-order valence-corrected chi connectivity index (χ2v) is 4.96. The summed E-state index contributed by atoms with van der Waals surface area (Å²) in [4.78, 5) is 0. The SMILES string of the molecule is Cc1ccccc1CC(N)(N)c1ccccc1C. The molecule has 2 aromatic carbocycles. The molecule has 0 saturated carbocycles. The number of rotatable bonds is 3. The summed E-state index contributed by atoms with van der Waals surface area (Å²) in [7, 11) is 0. The topological polar surface area (TPSA) is 52.0 Å². The van der Waals surface area contributed by atoms with E-state index in [1.807, 2.05) is 43.3 Å². The van der Waals surface area contributed by atoms with Crippen LogP contribution >= 0.6 is 0 Å². The van der Waals surface area contributed by atoms with Crippen LogP contribution in [0.3, 0.4) is 0 Å². The number of nitrogens with two attached hydrogens (primary N) is 2. The van der Waals surface area contributed by atoms with Crippen molar-refractivity contribution >= 4 is 0 Å². The van der Waals surface area contributed by atoms with Crippen LogP contribution in [-0.2, 0) is 12.1 Å². The average molecular weight is 240 g/mol. The van der Waals surface area contributed by atoms with Crippen LogP contribution in [0.25, 0.3) is 0 Å². The van der Waals surface area contributed by atoms with Crippen molar-refractivity contribution in [2.24, 2.45) is 11.5 Å². The van der Waals surface area contributed by atoms with Crippen molar-refractivity contribution in [3.8, 4) is 0 Å². The summed E-state index contributed by atoms with van der Waals surface area (Å²) in [5, 5.41) is 0. The summed E-state index contributed by atoms with van der Waals surface area (Å²) in [6.45, 7) is 4.13. The molecule has 2 nitrogen and oxygen atoms in total. The van der Waals surface area contributed by atoms with E-state index in [0.717, 1.165) is 11.1 Å². The largest absolute Gasteiger partial charge is 0.309 e. The van der Waals surface area contributed by atoms with Gasteiger partial charge in [0, 0.05) is 6.42 Å². The molecule has 0 unspecified atom stereocenters. The van der Waals surface area contributed by atoms with Gasteiger partial charge in [0.25, 0.3) is 0 Å². The molecule has 0 bridgehead atoms. The van der Waals surface area contributed by atoms with E-state index in [0.29, 0.717) is 6.42 Å². The van der Waals surface area contributed by atoms with Crippen LogP contribution in [0.1, 0.15) is 22.3 Å². The van der Waals surface area contributed by atoms with E-state index in [-0.39, 0.29) is 0 Å². The van der Waals surface area contributed by atoms with Crippen molar-refractivity contribution in [3.05, 3.63) is 70.8 Å². The first-order valence-corrected chi connectivity index (χ1v) is 6.19. The zero-order valence-corrected chi connectivity index (χ0v) is 11.0. The van der Waals surface area contributed by atoms with Crippen LogP contribution in [-0.4, -0.2) is 0 Å². The lowest BCUT2D eigenvalue weighted by Crippen LogP contribution is -2.48. The molecule has 0 amide bonds. The van der Waals surface area contributed by atoms with Crippen LogP contribution in [0.4, 0.5) is 0 Å². The predicted octanol–water partition coefficient (Wildman–Crippen LogP) is 2.62. The Morgan fingerprint density at radius 1 is 0.833 bits per heavy atom. The summed E-state index contributed by atoms with van der Waals surface area (Å²) < 4.78 is 0. The Kier molecular flexibility index (Phi) is 3.50. The Balaban J connectivity index is 2.33. The molecule has 2 rings (SSSR count). The maximum Gasteiger partial charge on any atom is 0.0943 e. The van der Waals surface area contributed by atoms with Crippen LogP contribution < -0.4 is 11.5 Å². The van der Waals surface area contributed by atoms with Crippen LogP contribution in [0.5, 0.6) is 0 Å². The average Bonchev–Trinajstić information content (AvgIpc) is 2.32. The number of hydrogen-bond acceptors (Lipinski definition) is 2. The molecular weight excluding hydrogens is 220 g/mol. The van der Waals surface area contributed by atoms with Crippen molar-refractivity contribution < 1.29 is 0 Å². The van der Waals surface area contributed by atoms with Gasteiger partial charge in [-0.2, -0.15) is 0 Å². The van der Waals surface area contributed by atoms with Crippen LogP contribution in [0, 0.1) is 13.8 Å². The fraction of sp³-hybridized carbons (Fsp3) is 0.250. The van der Waals surface area contributed by atoms with Gasteiger partial charge < -0.3 is 11.5 Å². The third kappa shape index (κ3) is 2.61. The quantitative estimate of drug-likeness (QED) is 0.810. The first-order valence-electron chi connectivity index (χ1n) is 6.19. The van der Waals surface area contributed by atoms with Gasteiger partial charge in [-0.1, -0.05) is 48.5 Å². The Bertz CT molecular complexity index is 544. The number of benzene rings is 2. The summed E-state index contributed by atoms with van der Waals surface area (Å²) in [6, 6.07) is 16.3. The van der Waals surface area contributed by atoms with Gasteiger partial charge >= 0.3 is 0 Å². The highest BCUT2D eigenvalue weighted by atomic mass is 15.0. The lowest BCUT2D eigenvalue weighted by molar-refractivity contribution is 0.458. The molecular formula is C16H20N2. The lowest BCUT2D eigenvalue weighted by Gasteiger charge is -2.27. The van der Waals surface area contributed by atoms with E-state index in [4.69, 9.17) is 11.5 Å². The van der Waals surface area contributed by atoms with Gasteiger partial charge in [0.2, 0.25) is 0 Å². The summed E-state index contributed by atoms with van der Waals surface area (Å²) >= 11 is 0.